The smallest absolute Gasteiger partial charge is 0.223 e. The van der Waals surface area contributed by atoms with E-state index in [9.17, 15) is 9.59 Å². The summed E-state index contributed by atoms with van der Waals surface area (Å²) < 4.78 is 0. The van der Waals surface area contributed by atoms with Gasteiger partial charge in [0.1, 0.15) is 0 Å². The van der Waals surface area contributed by atoms with E-state index in [1.807, 2.05) is 0 Å². The number of rotatable bonds is 8. The van der Waals surface area contributed by atoms with E-state index in [0.29, 0.717) is 13.1 Å². The maximum atomic E-state index is 11.5. The molecule has 0 aromatic rings. The molecule has 0 bridgehead atoms. The maximum absolute atomic E-state index is 11.5. The van der Waals surface area contributed by atoms with Gasteiger partial charge in [0.05, 0.1) is 0 Å². The van der Waals surface area contributed by atoms with Crippen LogP contribution < -0.4 is 0 Å². The lowest BCUT2D eigenvalue weighted by Gasteiger charge is -2.38. The summed E-state index contributed by atoms with van der Waals surface area (Å²) >= 11 is 0. The monoisotopic (exact) mass is 266 g/mol. The molecule has 0 heterocycles. The summed E-state index contributed by atoms with van der Waals surface area (Å²) in [5.41, 5.74) is -0.139. The molecular weight excluding hydrogens is 240 g/mol. The number of amides is 2. The van der Waals surface area contributed by atoms with E-state index in [-0.39, 0.29) is 17.2 Å². The molecule has 19 heavy (non-hydrogen) atoms. The van der Waals surface area contributed by atoms with Crippen molar-refractivity contribution in [3.8, 4) is 0 Å². The van der Waals surface area contributed by atoms with E-state index >= 15 is 0 Å². The normalized spacial score (nSPS) is 10.7. The van der Waals surface area contributed by atoms with Gasteiger partial charge >= 0.3 is 0 Å². The summed E-state index contributed by atoms with van der Waals surface area (Å²) in [7, 11) is 0. The van der Waals surface area contributed by atoms with E-state index in [4.69, 9.17) is 0 Å². The Morgan fingerprint density at radius 3 is 1.42 bits per heavy atom. The predicted molar refractivity (Wildman–Crippen MR) is 78.2 cm³/mol. The fourth-order valence-electron chi connectivity index (χ4n) is 2.08. The molecule has 4 nitrogen and oxygen atoms in total. The first-order valence-electron chi connectivity index (χ1n) is 6.65. The molecular formula is C15H26N2O2. The molecule has 2 amide bonds. The molecule has 0 aliphatic carbocycles. The Labute approximate surface area is 116 Å². The van der Waals surface area contributed by atoms with E-state index in [1.165, 1.54) is 13.8 Å². The number of hydrogen-bond acceptors (Lipinski definition) is 2. The van der Waals surface area contributed by atoms with Crippen molar-refractivity contribution in [1.82, 2.24) is 9.80 Å². The second-order valence-corrected chi connectivity index (χ2v) is 4.87. The third-order valence-corrected chi connectivity index (χ3v) is 3.76. The summed E-state index contributed by atoms with van der Waals surface area (Å²) in [5, 5.41) is 0. The Morgan fingerprint density at radius 2 is 1.26 bits per heavy atom. The second-order valence-electron chi connectivity index (χ2n) is 4.87. The van der Waals surface area contributed by atoms with E-state index in [0.717, 1.165) is 12.8 Å². The van der Waals surface area contributed by atoms with Gasteiger partial charge < -0.3 is 9.80 Å². The van der Waals surface area contributed by atoms with Crippen molar-refractivity contribution < 1.29 is 9.59 Å². The van der Waals surface area contributed by atoms with Crippen molar-refractivity contribution in [3.63, 3.8) is 0 Å². The zero-order valence-electron chi connectivity index (χ0n) is 12.6. The highest BCUT2D eigenvalue weighted by Crippen LogP contribution is 2.29. The first-order chi connectivity index (χ1) is 8.85. The predicted octanol–water partition coefficient (Wildman–Crippen LogP) is 2.78. The Bertz CT molecular complexity index is 316. The van der Waals surface area contributed by atoms with Gasteiger partial charge in [0.25, 0.3) is 0 Å². The van der Waals surface area contributed by atoms with Crippen LogP contribution in [0.25, 0.3) is 0 Å². The second kappa shape index (κ2) is 7.77. The number of carbonyl (C=O) groups excluding carboxylic acids is 2. The van der Waals surface area contributed by atoms with Crippen molar-refractivity contribution >= 4 is 11.8 Å². The van der Waals surface area contributed by atoms with Gasteiger partial charge in [0.2, 0.25) is 11.8 Å². The van der Waals surface area contributed by atoms with Crippen LogP contribution >= 0.6 is 0 Å². The van der Waals surface area contributed by atoms with Crippen LogP contribution in [0.3, 0.4) is 0 Å². The van der Waals surface area contributed by atoms with Crippen LogP contribution in [0, 0.1) is 5.41 Å². The number of carbonyl (C=O) groups is 2. The molecule has 108 valence electrons. The molecule has 0 fully saturated rings. The topological polar surface area (TPSA) is 40.6 Å². The third-order valence-electron chi connectivity index (χ3n) is 3.76. The third kappa shape index (κ3) is 4.89. The summed E-state index contributed by atoms with van der Waals surface area (Å²) in [4.78, 5) is 26.3. The Balaban J connectivity index is 5.12. The minimum atomic E-state index is -0.139. The van der Waals surface area contributed by atoms with Gasteiger partial charge in [0, 0.05) is 32.4 Å². The lowest BCUT2D eigenvalue weighted by atomic mass is 9.81. The van der Waals surface area contributed by atoms with Crippen LogP contribution in [-0.2, 0) is 9.59 Å². The first-order valence-corrected chi connectivity index (χ1v) is 6.65. The molecule has 0 aromatic heterocycles. The van der Waals surface area contributed by atoms with Gasteiger partial charge in [-0.25, -0.2) is 0 Å². The molecule has 0 saturated heterocycles. The summed E-state index contributed by atoms with van der Waals surface area (Å²) in [6.07, 6.45) is 4.85. The van der Waals surface area contributed by atoms with Crippen molar-refractivity contribution in [2.24, 2.45) is 5.41 Å². The molecule has 0 aliphatic rings. The Hall–Kier alpha value is -1.58. The van der Waals surface area contributed by atoms with Gasteiger partial charge in [0.15, 0.2) is 0 Å². The summed E-state index contributed by atoms with van der Waals surface area (Å²) in [6, 6.07) is 0. The van der Waals surface area contributed by atoms with E-state index < -0.39 is 0 Å². The van der Waals surface area contributed by atoms with Crippen LogP contribution in [0.15, 0.2) is 25.6 Å². The lowest BCUT2D eigenvalue weighted by molar-refractivity contribution is -0.129. The molecule has 0 aromatic carbocycles. The van der Waals surface area contributed by atoms with Gasteiger partial charge in [-0.1, -0.05) is 27.0 Å². The molecule has 0 rings (SSSR count). The SMILES string of the molecule is C=CN(CC(CC)(CC)CN(C=C)C(C)=O)C(C)=O. The van der Waals surface area contributed by atoms with E-state index in [2.05, 4.69) is 27.0 Å². The van der Waals surface area contributed by atoms with Gasteiger partial charge in [-0.3, -0.25) is 9.59 Å². The fourth-order valence-corrected chi connectivity index (χ4v) is 2.08. The van der Waals surface area contributed by atoms with Crippen LogP contribution in [0.4, 0.5) is 0 Å². The Kier molecular flexibility index (Phi) is 7.12. The minimum Gasteiger partial charge on any atom is -0.319 e. The van der Waals surface area contributed by atoms with Crippen LogP contribution in [-0.4, -0.2) is 34.7 Å². The largest absolute Gasteiger partial charge is 0.319 e. The molecule has 0 spiro atoms. The highest BCUT2D eigenvalue weighted by Gasteiger charge is 2.31. The van der Waals surface area contributed by atoms with E-state index in [1.54, 1.807) is 22.2 Å². The maximum Gasteiger partial charge on any atom is 0.223 e. The molecule has 0 radical (unpaired) electrons. The molecule has 0 atom stereocenters. The molecule has 0 aliphatic heterocycles. The zero-order valence-corrected chi connectivity index (χ0v) is 12.6. The lowest BCUT2D eigenvalue weighted by Crippen LogP contribution is -2.44. The van der Waals surface area contributed by atoms with Gasteiger partial charge in [-0.05, 0) is 25.2 Å². The van der Waals surface area contributed by atoms with Crippen molar-refractivity contribution in [1.29, 1.82) is 0 Å². The van der Waals surface area contributed by atoms with Crippen molar-refractivity contribution in [2.75, 3.05) is 13.1 Å². The molecule has 0 saturated carbocycles. The van der Waals surface area contributed by atoms with Gasteiger partial charge in [-0.15, -0.1) is 0 Å². The minimum absolute atomic E-state index is 0.0331. The average molecular weight is 266 g/mol. The zero-order chi connectivity index (χ0) is 15.1. The van der Waals surface area contributed by atoms with Crippen LogP contribution in [0.2, 0.25) is 0 Å². The first kappa shape index (κ1) is 17.4. The molecule has 0 N–H and O–H groups in total. The average Bonchev–Trinajstić information content (AvgIpc) is 2.39. The number of hydrogen-bond donors (Lipinski definition) is 0. The van der Waals surface area contributed by atoms with Crippen LogP contribution in [0.5, 0.6) is 0 Å². The highest BCUT2D eigenvalue weighted by molar-refractivity contribution is 5.75. The van der Waals surface area contributed by atoms with Gasteiger partial charge in [-0.2, -0.15) is 0 Å². The van der Waals surface area contributed by atoms with Crippen molar-refractivity contribution in [2.45, 2.75) is 40.5 Å². The summed E-state index contributed by atoms with van der Waals surface area (Å²) in [6.45, 7) is 15.7. The highest BCUT2D eigenvalue weighted by atomic mass is 16.2. The van der Waals surface area contributed by atoms with Crippen LogP contribution in [0.1, 0.15) is 40.5 Å². The number of nitrogens with zero attached hydrogens (tertiary/aromatic N) is 2. The van der Waals surface area contributed by atoms with Crippen molar-refractivity contribution in [3.05, 3.63) is 25.6 Å². The Morgan fingerprint density at radius 1 is 0.947 bits per heavy atom. The molecule has 4 heteroatoms. The quantitative estimate of drug-likeness (QED) is 0.678. The molecule has 0 unspecified atom stereocenters. The fraction of sp³-hybridized carbons (Fsp3) is 0.600. The summed E-state index contributed by atoms with van der Waals surface area (Å²) in [5.74, 6) is -0.0662. The standard InChI is InChI=1S/C15H26N2O2/c1-7-15(8-2,11-16(9-3)13(5)18)12-17(10-4)14(6)19/h9-10H,3-4,7-8,11-12H2,1-2,5-6H3.